The molecule has 0 N–H and O–H groups in total. The van der Waals surface area contributed by atoms with Crippen molar-refractivity contribution in [3.63, 3.8) is 0 Å². The van der Waals surface area contributed by atoms with Crippen LogP contribution in [0.5, 0.6) is 0 Å². The number of halogens is 1. The number of benzene rings is 1. The maximum Gasteiger partial charge on any atom is 0.316 e. The number of aryl methyl sites for hydroxylation is 2. The Morgan fingerprint density at radius 1 is 1.41 bits per heavy atom. The lowest BCUT2D eigenvalue weighted by atomic mass is 9.81. The molecule has 2 saturated heterocycles. The van der Waals surface area contributed by atoms with Gasteiger partial charge in [0, 0.05) is 35.0 Å². The van der Waals surface area contributed by atoms with E-state index >= 15 is 0 Å². The van der Waals surface area contributed by atoms with Gasteiger partial charge in [0.1, 0.15) is 11.0 Å². The zero-order chi connectivity index (χ0) is 19.3. The van der Waals surface area contributed by atoms with E-state index in [2.05, 4.69) is 0 Å². The average molecular weight is 392 g/mol. The van der Waals surface area contributed by atoms with Crippen LogP contribution in [0, 0.1) is 25.2 Å². The van der Waals surface area contributed by atoms with Gasteiger partial charge in [-0.2, -0.15) is 0 Å². The minimum atomic E-state index is -0.737. The smallest absolute Gasteiger partial charge is 0.316 e. The summed E-state index contributed by atoms with van der Waals surface area (Å²) in [7, 11) is 1.38. The standard InChI is InChI=1S/C20H22ClNO5/c1-11-4-15-17(12(2)18(11)21)13(7-27-15)5-16(23)22-6-14-8-26-10-20(14,9-22)19(24)25-3/h4,7,14H,5-6,8-10H2,1-3H3/t14-,20-/m0/s1. The molecule has 2 aromatic rings. The molecule has 1 aromatic heterocycles. The SMILES string of the molecule is COC(=O)[C@@]12COC[C@@H]1CN(C(=O)Cc1coc3cc(C)c(Cl)c(C)c13)C2. The first-order valence-corrected chi connectivity index (χ1v) is 9.35. The van der Waals surface area contributed by atoms with Crippen molar-refractivity contribution in [2.75, 3.05) is 33.4 Å². The van der Waals surface area contributed by atoms with Crippen LogP contribution in [0.15, 0.2) is 16.7 Å². The topological polar surface area (TPSA) is 69.0 Å². The molecule has 27 heavy (non-hydrogen) atoms. The van der Waals surface area contributed by atoms with Crippen molar-refractivity contribution in [2.24, 2.45) is 11.3 Å². The number of fused-ring (bicyclic) bond motifs is 2. The molecule has 0 spiro atoms. The van der Waals surface area contributed by atoms with Crippen LogP contribution < -0.4 is 0 Å². The summed E-state index contributed by atoms with van der Waals surface area (Å²) in [6.45, 7) is 5.48. The number of furan rings is 1. The summed E-state index contributed by atoms with van der Waals surface area (Å²) in [6, 6.07) is 1.89. The molecule has 1 aromatic carbocycles. The molecule has 0 unspecified atom stereocenters. The molecule has 0 radical (unpaired) electrons. The monoisotopic (exact) mass is 391 g/mol. The van der Waals surface area contributed by atoms with E-state index in [1.165, 1.54) is 7.11 Å². The molecule has 2 aliphatic rings. The van der Waals surface area contributed by atoms with Crippen molar-refractivity contribution in [3.05, 3.63) is 34.0 Å². The third-order valence-electron chi connectivity index (χ3n) is 5.95. The zero-order valence-electron chi connectivity index (χ0n) is 15.6. The third-order valence-corrected chi connectivity index (χ3v) is 6.54. The quantitative estimate of drug-likeness (QED) is 0.752. The van der Waals surface area contributed by atoms with E-state index in [1.54, 1.807) is 11.2 Å². The zero-order valence-corrected chi connectivity index (χ0v) is 16.4. The van der Waals surface area contributed by atoms with E-state index in [0.29, 0.717) is 31.3 Å². The van der Waals surface area contributed by atoms with Gasteiger partial charge in [0.2, 0.25) is 5.91 Å². The van der Waals surface area contributed by atoms with Crippen molar-refractivity contribution in [1.29, 1.82) is 0 Å². The van der Waals surface area contributed by atoms with Gasteiger partial charge in [-0.3, -0.25) is 9.59 Å². The van der Waals surface area contributed by atoms with Crippen molar-refractivity contribution < 1.29 is 23.5 Å². The maximum absolute atomic E-state index is 13.0. The van der Waals surface area contributed by atoms with E-state index < -0.39 is 5.41 Å². The Hall–Kier alpha value is -2.05. The molecule has 2 fully saturated rings. The minimum Gasteiger partial charge on any atom is -0.468 e. The number of carbonyl (C=O) groups is 2. The van der Waals surface area contributed by atoms with Gasteiger partial charge in [-0.15, -0.1) is 0 Å². The molecular formula is C20H22ClNO5. The molecule has 0 bridgehead atoms. The number of esters is 1. The van der Waals surface area contributed by atoms with Crippen LogP contribution in [-0.2, 0) is 25.5 Å². The lowest BCUT2D eigenvalue weighted by Gasteiger charge is -2.23. The number of carbonyl (C=O) groups excluding carboxylic acids is 2. The first kappa shape index (κ1) is 18.3. The molecule has 144 valence electrons. The Morgan fingerprint density at radius 2 is 2.19 bits per heavy atom. The van der Waals surface area contributed by atoms with Crippen molar-refractivity contribution >= 4 is 34.4 Å². The highest BCUT2D eigenvalue weighted by atomic mass is 35.5. The number of rotatable bonds is 3. The van der Waals surface area contributed by atoms with Crippen LogP contribution in [-0.4, -0.2) is 50.2 Å². The van der Waals surface area contributed by atoms with Crippen molar-refractivity contribution in [2.45, 2.75) is 20.3 Å². The van der Waals surface area contributed by atoms with Crippen LogP contribution in [0.25, 0.3) is 11.0 Å². The molecule has 0 saturated carbocycles. The van der Waals surface area contributed by atoms with Gasteiger partial charge >= 0.3 is 5.97 Å². The van der Waals surface area contributed by atoms with Crippen LogP contribution >= 0.6 is 11.6 Å². The lowest BCUT2D eigenvalue weighted by molar-refractivity contribution is -0.153. The fourth-order valence-electron chi connectivity index (χ4n) is 4.43. The minimum absolute atomic E-state index is 0.0196. The largest absolute Gasteiger partial charge is 0.468 e. The second kappa shape index (κ2) is 6.53. The van der Waals surface area contributed by atoms with Crippen molar-refractivity contribution in [3.8, 4) is 0 Å². The molecule has 6 nitrogen and oxygen atoms in total. The number of nitrogens with zero attached hydrogens (tertiary/aromatic N) is 1. The molecule has 7 heteroatoms. The molecule has 0 aliphatic carbocycles. The molecule has 2 aliphatic heterocycles. The number of likely N-dealkylation sites (tertiary alicyclic amines) is 1. The highest BCUT2D eigenvalue weighted by molar-refractivity contribution is 6.33. The number of ether oxygens (including phenoxy) is 2. The Balaban J connectivity index is 1.58. The van der Waals surface area contributed by atoms with Crippen LogP contribution in [0.2, 0.25) is 5.02 Å². The summed E-state index contributed by atoms with van der Waals surface area (Å²) in [5.41, 5.74) is 2.67. The Bertz CT molecular complexity index is 936. The second-order valence-corrected chi connectivity index (χ2v) is 7.96. The summed E-state index contributed by atoms with van der Waals surface area (Å²) in [6.07, 6.45) is 1.83. The Morgan fingerprint density at radius 3 is 2.93 bits per heavy atom. The van der Waals surface area contributed by atoms with E-state index in [1.807, 2.05) is 19.9 Å². The summed E-state index contributed by atoms with van der Waals surface area (Å²) in [5, 5.41) is 1.58. The predicted octanol–water partition coefficient (Wildman–Crippen LogP) is 2.89. The normalized spacial score (nSPS) is 24.4. The van der Waals surface area contributed by atoms with Gasteiger partial charge in [-0.25, -0.2) is 0 Å². The van der Waals surface area contributed by atoms with Gasteiger partial charge in [0.15, 0.2) is 0 Å². The number of hydrogen-bond acceptors (Lipinski definition) is 5. The fourth-order valence-corrected chi connectivity index (χ4v) is 4.58. The highest BCUT2D eigenvalue weighted by Gasteiger charge is 2.57. The van der Waals surface area contributed by atoms with Gasteiger partial charge in [0.05, 0.1) is 33.0 Å². The van der Waals surface area contributed by atoms with E-state index in [9.17, 15) is 9.59 Å². The summed E-state index contributed by atoms with van der Waals surface area (Å²) in [4.78, 5) is 27.0. The molecule has 3 heterocycles. The predicted molar refractivity (Wildman–Crippen MR) is 99.7 cm³/mol. The van der Waals surface area contributed by atoms with Crippen molar-refractivity contribution in [1.82, 2.24) is 4.90 Å². The first-order valence-electron chi connectivity index (χ1n) is 8.97. The van der Waals surface area contributed by atoms with E-state index in [0.717, 1.165) is 27.7 Å². The first-order chi connectivity index (χ1) is 12.9. The third kappa shape index (κ3) is 2.74. The number of hydrogen-bond donors (Lipinski definition) is 0. The molecule has 2 atom stereocenters. The van der Waals surface area contributed by atoms with Crippen LogP contribution in [0.1, 0.15) is 16.7 Å². The number of methoxy groups -OCH3 is 1. The fraction of sp³-hybridized carbons (Fsp3) is 0.500. The highest BCUT2D eigenvalue weighted by Crippen LogP contribution is 2.42. The maximum atomic E-state index is 13.0. The van der Waals surface area contributed by atoms with E-state index in [-0.39, 0.29) is 24.2 Å². The van der Waals surface area contributed by atoms with Gasteiger partial charge in [0.25, 0.3) is 0 Å². The molecular weight excluding hydrogens is 370 g/mol. The Kier molecular flexibility index (Phi) is 4.43. The Labute approximate surface area is 162 Å². The summed E-state index contributed by atoms with van der Waals surface area (Å²) < 4.78 is 16.1. The van der Waals surface area contributed by atoms with Gasteiger partial charge in [-0.1, -0.05) is 11.6 Å². The van der Waals surface area contributed by atoms with Gasteiger partial charge in [-0.05, 0) is 31.0 Å². The summed E-state index contributed by atoms with van der Waals surface area (Å²) >= 11 is 6.38. The van der Waals surface area contributed by atoms with E-state index in [4.69, 9.17) is 25.5 Å². The molecule has 1 amide bonds. The molecule has 4 rings (SSSR count). The lowest BCUT2D eigenvalue weighted by Crippen LogP contribution is -2.41. The summed E-state index contributed by atoms with van der Waals surface area (Å²) in [5.74, 6) is -0.354. The van der Waals surface area contributed by atoms with Crippen LogP contribution in [0.3, 0.4) is 0 Å². The number of amides is 1. The van der Waals surface area contributed by atoms with Gasteiger partial charge < -0.3 is 18.8 Å². The second-order valence-electron chi connectivity index (χ2n) is 7.58. The van der Waals surface area contributed by atoms with Crippen LogP contribution in [0.4, 0.5) is 0 Å². The average Bonchev–Trinajstić information content (AvgIpc) is 3.31.